The van der Waals surface area contributed by atoms with Gasteiger partial charge in [-0.3, -0.25) is 4.90 Å². The van der Waals surface area contributed by atoms with Crippen LogP contribution < -0.4 is 31.9 Å². The summed E-state index contributed by atoms with van der Waals surface area (Å²) in [6.07, 6.45) is 0. The van der Waals surface area contributed by atoms with E-state index in [1.807, 2.05) is 23.1 Å². The average molecular weight is 579 g/mol. The van der Waals surface area contributed by atoms with Crippen molar-refractivity contribution in [2.24, 2.45) is 0 Å². The number of benzene rings is 3. The Morgan fingerprint density at radius 1 is 0.488 bits per heavy atom. The first-order valence-corrected chi connectivity index (χ1v) is 13.3. The third-order valence-electron chi connectivity index (χ3n) is 5.96. The third-order valence-corrected chi connectivity index (χ3v) is 5.96. The molecule has 0 aliphatic carbocycles. The largest absolute Gasteiger partial charge is 0.337 e. The van der Waals surface area contributed by atoms with Gasteiger partial charge in [-0.1, -0.05) is 0 Å². The first kappa shape index (κ1) is 31.4. The molecule has 0 aromatic heterocycles. The van der Waals surface area contributed by atoms with Crippen LogP contribution >= 0.6 is 0 Å². The molecule has 6 amide bonds. The van der Waals surface area contributed by atoms with Gasteiger partial charge in [-0.2, -0.15) is 15.8 Å². The molecule has 0 bridgehead atoms. The molecular formula is C30H30N10O3. The highest BCUT2D eigenvalue weighted by molar-refractivity contribution is 5.90. The van der Waals surface area contributed by atoms with Crippen molar-refractivity contribution in [2.75, 3.05) is 55.2 Å². The molecule has 0 heterocycles. The molecule has 0 spiro atoms. The summed E-state index contributed by atoms with van der Waals surface area (Å²) in [7, 11) is 0. The lowest BCUT2D eigenvalue weighted by atomic mass is 10.2. The lowest BCUT2D eigenvalue weighted by molar-refractivity contribution is 0.238. The molecule has 3 rings (SSSR count). The summed E-state index contributed by atoms with van der Waals surface area (Å²) < 4.78 is 0. The molecule has 3 aromatic rings. The van der Waals surface area contributed by atoms with Crippen LogP contribution in [0, 0.1) is 34.0 Å². The van der Waals surface area contributed by atoms with E-state index >= 15 is 0 Å². The van der Waals surface area contributed by atoms with Crippen molar-refractivity contribution >= 4 is 35.2 Å². The Morgan fingerprint density at radius 2 is 0.744 bits per heavy atom. The van der Waals surface area contributed by atoms with Crippen LogP contribution in [0.4, 0.5) is 31.4 Å². The van der Waals surface area contributed by atoms with Crippen molar-refractivity contribution in [3.63, 3.8) is 0 Å². The molecule has 0 unspecified atom stereocenters. The Bertz CT molecular complexity index is 1320. The van der Waals surface area contributed by atoms with E-state index < -0.39 is 18.1 Å². The smallest absolute Gasteiger partial charge is 0.319 e. The van der Waals surface area contributed by atoms with Gasteiger partial charge in [0.2, 0.25) is 0 Å². The SMILES string of the molecule is N#Cc1ccc(NC(=O)NCCN(CCNC(=O)Nc2ccc(C#N)cc2)CCNC(=O)Nc2ccc(C#N)cc2)cc1. The fourth-order valence-corrected chi connectivity index (χ4v) is 3.73. The zero-order valence-corrected chi connectivity index (χ0v) is 23.2. The van der Waals surface area contributed by atoms with Crippen molar-refractivity contribution in [1.82, 2.24) is 20.9 Å². The van der Waals surface area contributed by atoms with E-state index in [0.717, 1.165) is 0 Å². The summed E-state index contributed by atoms with van der Waals surface area (Å²) in [5.41, 5.74) is 3.09. The van der Waals surface area contributed by atoms with Crippen LogP contribution in [-0.4, -0.2) is 62.3 Å². The number of amides is 6. The minimum atomic E-state index is -0.413. The summed E-state index contributed by atoms with van der Waals surface area (Å²) >= 11 is 0. The van der Waals surface area contributed by atoms with E-state index in [-0.39, 0.29) is 19.6 Å². The van der Waals surface area contributed by atoms with Crippen LogP contribution in [0.5, 0.6) is 0 Å². The lowest BCUT2D eigenvalue weighted by Crippen LogP contribution is -2.44. The van der Waals surface area contributed by atoms with Gasteiger partial charge in [-0.05, 0) is 72.8 Å². The standard InChI is InChI=1S/C30H30N10O3/c31-19-22-1-7-25(8-2-22)37-28(41)34-13-16-40(17-14-35-29(42)38-26-9-3-23(20-32)4-10-26)18-15-36-30(43)39-27-11-5-24(21-33)6-12-27/h1-12H,13-18H2,(H2,34,37,41)(H2,35,38,42)(H2,36,39,43). The summed E-state index contributed by atoms with van der Waals surface area (Å²) in [6.45, 7) is 2.15. The average Bonchev–Trinajstić information content (AvgIpc) is 3.02. The van der Waals surface area contributed by atoms with Crippen LogP contribution in [-0.2, 0) is 0 Å². The fraction of sp³-hybridized carbons (Fsp3) is 0.200. The van der Waals surface area contributed by atoms with Crippen LogP contribution in [0.25, 0.3) is 0 Å². The number of hydrogen-bond acceptors (Lipinski definition) is 7. The van der Waals surface area contributed by atoms with Gasteiger partial charge in [0.1, 0.15) is 0 Å². The summed E-state index contributed by atoms with van der Waals surface area (Å²) in [6, 6.07) is 24.2. The number of carbonyl (C=O) groups excluding carboxylic acids is 3. The van der Waals surface area contributed by atoms with E-state index in [1.54, 1.807) is 72.8 Å². The highest BCUT2D eigenvalue weighted by atomic mass is 16.2. The van der Waals surface area contributed by atoms with E-state index in [4.69, 9.17) is 15.8 Å². The number of nitrogens with one attached hydrogen (secondary N) is 6. The van der Waals surface area contributed by atoms with Crippen molar-refractivity contribution in [3.05, 3.63) is 89.5 Å². The third kappa shape index (κ3) is 11.5. The molecule has 43 heavy (non-hydrogen) atoms. The molecule has 0 saturated heterocycles. The maximum absolute atomic E-state index is 12.3. The monoisotopic (exact) mass is 578 g/mol. The number of hydrogen-bond donors (Lipinski definition) is 6. The summed E-state index contributed by atoms with van der Waals surface area (Å²) in [4.78, 5) is 38.9. The minimum absolute atomic E-state index is 0.289. The number of carbonyl (C=O) groups is 3. The first-order valence-electron chi connectivity index (χ1n) is 13.3. The quantitative estimate of drug-likeness (QED) is 0.189. The van der Waals surface area contributed by atoms with E-state index in [2.05, 4.69) is 31.9 Å². The van der Waals surface area contributed by atoms with E-state index in [9.17, 15) is 14.4 Å². The summed E-state index contributed by atoms with van der Waals surface area (Å²) in [5, 5.41) is 43.1. The highest BCUT2D eigenvalue weighted by Crippen LogP contribution is 2.10. The number of nitrogens with zero attached hydrogens (tertiary/aromatic N) is 4. The zero-order valence-electron chi connectivity index (χ0n) is 23.2. The number of rotatable bonds is 12. The Morgan fingerprint density at radius 3 is 0.977 bits per heavy atom. The lowest BCUT2D eigenvalue weighted by Gasteiger charge is -2.23. The van der Waals surface area contributed by atoms with E-state index in [1.165, 1.54) is 0 Å². The molecule has 3 aromatic carbocycles. The number of anilines is 3. The van der Waals surface area contributed by atoms with E-state index in [0.29, 0.717) is 53.4 Å². The Hall–Kier alpha value is -6.10. The second-order valence-electron chi connectivity index (χ2n) is 9.05. The van der Waals surface area contributed by atoms with Gasteiger partial charge < -0.3 is 31.9 Å². The second-order valence-corrected chi connectivity index (χ2v) is 9.05. The molecule has 0 radical (unpaired) electrons. The van der Waals surface area contributed by atoms with Crippen molar-refractivity contribution in [3.8, 4) is 18.2 Å². The predicted molar refractivity (Wildman–Crippen MR) is 161 cm³/mol. The topological polar surface area (TPSA) is 198 Å². The van der Waals surface area contributed by atoms with Gasteiger partial charge in [0, 0.05) is 56.3 Å². The molecule has 218 valence electrons. The van der Waals surface area contributed by atoms with Crippen molar-refractivity contribution < 1.29 is 14.4 Å². The molecular weight excluding hydrogens is 548 g/mol. The Kier molecular flexibility index (Phi) is 12.3. The molecule has 0 aliphatic heterocycles. The molecule has 13 nitrogen and oxygen atoms in total. The van der Waals surface area contributed by atoms with Gasteiger partial charge in [0.25, 0.3) is 0 Å². The minimum Gasteiger partial charge on any atom is -0.337 e. The normalized spacial score (nSPS) is 9.91. The van der Waals surface area contributed by atoms with Crippen LogP contribution in [0.3, 0.4) is 0 Å². The Balaban J connectivity index is 1.46. The van der Waals surface area contributed by atoms with Crippen molar-refractivity contribution in [1.29, 1.82) is 15.8 Å². The predicted octanol–water partition coefficient (Wildman–Crippen LogP) is 3.37. The number of nitriles is 3. The van der Waals surface area contributed by atoms with Crippen LogP contribution in [0.1, 0.15) is 16.7 Å². The van der Waals surface area contributed by atoms with Crippen molar-refractivity contribution in [2.45, 2.75) is 0 Å². The summed E-state index contributed by atoms with van der Waals surface area (Å²) in [5.74, 6) is 0. The molecule has 0 fully saturated rings. The highest BCUT2D eigenvalue weighted by Gasteiger charge is 2.10. The fourth-order valence-electron chi connectivity index (χ4n) is 3.73. The van der Waals surface area contributed by atoms with Crippen LogP contribution in [0.2, 0.25) is 0 Å². The maximum atomic E-state index is 12.3. The molecule has 0 saturated carbocycles. The first-order chi connectivity index (χ1) is 20.9. The van der Waals surface area contributed by atoms with Gasteiger partial charge >= 0.3 is 18.1 Å². The molecule has 0 atom stereocenters. The van der Waals surface area contributed by atoms with Gasteiger partial charge in [0.05, 0.1) is 34.9 Å². The molecule has 6 N–H and O–H groups in total. The molecule has 0 aliphatic rings. The van der Waals surface area contributed by atoms with Gasteiger partial charge in [-0.15, -0.1) is 0 Å². The molecule has 13 heteroatoms. The zero-order chi connectivity index (χ0) is 30.9. The second kappa shape index (κ2) is 16.9. The van der Waals surface area contributed by atoms with Gasteiger partial charge in [-0.25, -0.2) is 14.4 Å². The maximum Gasteiger partial charge on any atom is 0.319 e. The number of urea groups is 3. The van der Waals surface area contributed by atoms with Gasteiger partial charge in [0.15, 0.2) is 0 Å². The van der Waals surface area contributed by atoms with Crippen LogP contribution in [0.15, 0.2) is 72.8 Å². The Labute approximate surface area is 249 Å².